The molecule has 0 aliphatic carbocycles. The summed E-state index contributed by atoms with van der Waals surface area (Å²) < 4.78 is 20.8. The van der Waals surface area contributed by atoms with Gasteiger partial charge in [0.2, 0.25) is 12.3 Å². The van der Waals surface area contributed by atoms with Gasteiger partial charge in [-0.2, -0.15) is 5.10 Å². The lowest BCUT2D eigenvalue weighted by molar-refractivity contribution is -0.129. The van der Waals surface area contributed by atoms with Crippen LogP contribution in [0.2, 0.25) is 0 Å². The number of hydrogen-bond donors (Lipinski definition) is 2. The highest BCUT2D eigenvalue weighted by atomic mass is 19.1. The highest BCUT2D eigenvalue weighted by molar-refractivity contribution is 6.02. The lowest BCUT2D eigenvalue weighted by Gasteiger charge is -2.22. The molecule has 3 aromatic rings. The van der Waals surface area contributed by atoms with Crippen molar-refractivity contribution in [1.29, 1.82) is 0 Å². The molecule has 0 saturated heterocycles. The molecule has 202 valence electrons. The van der Waals surface area contributed by atoms with Crippen molar-refractivity contribution in [3.05, 3.63) is 72.0 Å². The van der Waals surface area contributed by atoms with Gasteiger partial charge < -0.3 is 25.0 Å². The fraction of sp³-hybridized carbons (Fsp3) is 0.333. The highest BCUT2D eigenvalue weighted by Gasteiger charge is 2.21. The number of aromatic nitrogens is 3. The van der Waals surface area contributed by atoms with Crippen LogP contribution in [-0.4, -0.2) is 75.4 Å². The van der Waals surface area contributed by atoms with E-state index in [9.17, 15) is 19.1 Å². The number of likely N-dealkylation sites (N-methyl/N-ethyl adjacent to an activating group) is 2. The standard InChI is InChI=1S/C27H33FN6O4/c1-6-7-9-20(21-14-19(35)10-11-24(21)38-18(2)28)23(16-33(5)17-25(36)32(3)4)31-27(37)22-15-30-34-13-8-12-29-26(22)34/h8-16,18,35H,6-7,17H2,1-5H3,(H,31,37)/b20-9+,23-16+. The van der Waals surface area contributed by atoms with E-state index in [2.05, 4.69) is 15.4 Å². The minimum absolute atomic E-state index is 0.0383. The van der Waals surface area contributed by atoms with E-state index in [0.717, 1.165) is 6.42 Å². The summed E-state index contributed by atoms with van der Waals surface area (Å²) in [6.07, 6.45) is 7.92. The number of carbonyl (C=O) groups is 2. The van der Waals surface area contributed by atoms with Gasteiger partial charge in [-0.1, -0.05) is 19.4 Å². The fourth-order valence-electron chi connectivity index (χ4n) is 3.63. The average molecular weight is 525 g/mol. The van der Waals surface area contributed by atoms with Crippen molar-refractivity contribution in [2.24, 2.45) is 0 Å². The van der Waals surface area contributed by atoms with Gasteiger partial charge in [0, 0.05) is 57.8 Å². The predicted molar refractivity (Wildman–Crippen MR) is 142 cm³/mol. The van der Waals surface area contributed by atoms with E-state index in [1.165, 1.54) is 40.7 Å². The van der Waals surface area contributed by atoms with E-state index >= 15 is 0 Å². The molecular formula is C27H33FN6O4. The smallest absolute Gasteiger partial charge is 0.261 e. The van der Waals surface area contributed by atoms with E-state index in [-0.39, 0.29) is 29.5 Å². The van der Waals surface area contributed by atoms with E-state index in [4.69, 9.17) is 4.74 Å². The van der Waals surface area contributed by atoms with Crippen LogP contribution in [0.4, 0.5) is 4.39 Å². The van der Waals surface area contributed by atoms with Crippen molar-refractivity contribution in [2.75, 3.05) is 27.7 Å². The Morgan fingerprint density at radius 2 is 2.03 bits per heavy atom. The molecular weight excluding hydrogens is 491 g/mol. The highest BCUT2D eigenvalue weighted by Crippen LogP contribution is 2.35. The third-order valence-corrected chi connectivity index (χ3v) is 5.48. The number of alkyl halides is 1. The molecule has 1 atom stereocenters. The van der Waals surface area contributed by atoms with Crippen LogP contribution in [-0.2, 0) is 4.79 Å². The summed E-state index contributed by atoms with van der Waals surface area (Å²) in [7, 11) is 5.01. The summed E-state index contributed by atoms with van der Waals surface area (Å²) in [5.74, 6) is -0.506. The van der Waals surface area contributed by atoms with Gasteiger partial charge in [-0.05, 0) is 30.7 Å². The van der Waals surface area contributed by atoms with Crippen LogP contribution in [0, 0.1) is 0 Å². The Labute approximate surface area is 221 Å². The summed E-state index contributed by atoms with van der Waals surface area (Å²) in [5.41, 5.74) is 1.78. The number of phenols is 1. The maximum atomic E-state index is 13.9. The second-order valence-electron chi connectivity index (χ2n) is 8.89. The van der Waals surface area contributed by atoms with Crippen LogP contribution >= 0.6 is 0 Å². The molecule has 0 bridgehead atoms. The number of allylic oxidation sites excluding steroid dienone is 2. The van der Waals surface area contributed by atoms with E-state index in [1.807, 2.05) is 13.0 Å². The molecule has 0 spiro atoms. The van der Waals surface area contributed by atoms with Crippen molar-refractivity contribution in [2.45, 2.75) is 33.0 Å². The van der Waals surface area contributed by atoms with Crippen LogP contribution in [0.15, 0.2) is 60.8 Å². The van der Waals surface area contributed by atoms with Crippen molar-refractivity contribution < 1.29 is 23.8 Å². The molecule has 0 aliphatic rings. The Bertz CT molecular complexity index is 1350. The lowest BCUT2D eigenvalue weighted by Crippen LogP contribution is -2.33. The second kappa shape index (κ2) is 12.7. The molecule has 2 aromatic heterocycles. The molecule has 10 nitrogen and oxygen atoms in total. The first-order chi connectivity index (χ1) is 18.1. The van der Waals surface area contributed by atoms with Gasteiger partial charge in [-0.3, -0.25) is 9.59 Å². The van der Waals surface area contributed by atoms with E-state index < -0.39 is 12.3 Å². The largest absolute Gasteiger partial charge is 0.508 e. The maximum Gasteiger partial charge on any atom is 0.261 e. The molecule has 2 heterocycles. The number of rotatable bonds is 11. The number of phenolic OH excluding ortho intramolecular Hbond substituents is 1. The minimum Gasteiger partial charge on any atom is -0.508 e. The number of carbonyl (C=O) groups excluding carboxylic acids is 2. The molecule has 1 unspecified atom stereocenters. The number of nitrogens with one attached hydrogen (secondary N) is 1. The van der Waals surface area contributed by atoms with Crippen molar-refractivity contribution in [3.8, 4) is 11.5 Å². The van der Waals surface area contributed by atoms with Gasteiger partial charge >= 0.3 is 0 Å². The SMILES string of the molecule is CCC/C=C(/C(=C\N(C)CC(=O)N(C)C)NC(=O)c1cnn2cccnc12)c1cc(O)ccc1OC(C)F. The van der Waals surface area contributed by atoms with Gasteiger partial charge in [-0.15, -0.1) is 0 Å². The van der Waals surface area contributed by atoms with E-state index in [1.54, 1.807) is 50.7 Å². The topological polar surface area (TPSA) is 112 Å². The monoisotopic (exact) mass is 524 g/mol. The van der Waals surface area contributed by atoms with Crippen LogP contribution in [0.1, 0.15) is 42.6 Å². The predicted octanol–water partition coefficient (Wildman–Crippen LogP) is 3.60. The third-order valence-electron chi connectivity index (χ3n) is 5.48. The number of aromatic hydroxyl groups is 1. The number of amides is 2. The molecule has 0 aliphatic heterocycles. The molecule has 2 N–H and O–H groups in total. The van der Waals surface area contributed by atoms with Crippen molar-refractivity contribution >= 4 is 23.0 Å². The first-order valence-corrected chi connectivity index (χ1v) is 12.2. The van der Waals surface area contributed by atoms with Crippen LogP contribution in [0.25, 0.3) is 11.2 Å². The first-order valence-electron chi connectivity index (χ1n) is 12.2. The molecule has 38 heavy (non-hydrogen) atoms. The van der Waals surface area contributed by atoms with E-state index in [0.29, 0.717) is 28.9 Å². The summed E-state index contributed by atoms with van der Waals surface area (Å²) in [6, 6.07) is 6.01. The van der Waals surface area contributed by atoms with Crippen molar-refractivity contribution in [3.63, 3.8) is 0 Å². The molecule has 2 amide bonds. The summed E-state index contributed by atoms with van der Waals surface area (Å²) in [6.45, 7) is 3.28. The minimum atomic E-state index is -1.61. The Morgan fingerprint density at radius 3 is 2.71 bits per heavy atom. The molecule has 11 heteroatoms. The van der Waals surface area contributed by atoms with Gasteiger partial charge in [0.05, 0.1) is 18.4 Å². The molecule has 3 rings (SSSR count). The van der Waals surface area contributed by atoms with Gasteiger partial charge in [0.25, 0.3) is 5.91 Å². The summed E-state index contributed by atoms with van der Waals surface area (Å²) >= 11 is 0. The van der Waals surface area contributed by atoms with Crippen LogP contribution in [0.5, 0.6) is 11.5 Å². The number of hydrogen-bond acceptors (Lipinski definition) is 7. The van der Waals surface area contributed by atoms with Gasteiger partial charge in [-0.25, -0.2) is 13.9 Å². The molecule has 0 saturated carbocycles. The Kier molecular flexibility index (Phi) is 9.42. The maximum absolute atomic E-state index is 13.9. The molecule has 1 aromatic carbocycles. The number of benzene rings is 1. The lowest BCUT2D eigenvalue weighted by atomic mass is 9.99. The second-order valence-corrected chi connectivity index (χ2v) is 8.89. The number of unbranched alkanes of at least 4 members (excludes halogenated alkanes) is 1. The van der Waals surface area contributed by atoms with Crippen molar-refractivity contribution in [1.82, 2.24) is 29.7 Å². The normalized spacial score (nSPS) is 12.8. The van der Waals surface area contributed by atoms with Gasteiger partial charge in [0.15, 0.2) is 5.65 Å². The Morgan fingerprint density at radius 1 is 1.26 bits per heavy atom. The number of ether oxygens (including phenoxy) is 1. The Hall–Kier alpha value is -4.41. The zero-order valence-electron chi connectivity index (χ0n) is 22.2. The number of fused-ring (bicyclic) bond motifs is 1. The quantitative estimate of drug-likeness (QED) is 0.369. The van der Waals surface area contributed by atoms with Crippen LogP contribution in [0.3, 0.4) is 0 Å². The summed E-state index contributed by atoms with van der Waals surface area (Å²) in [4.78, 5) is 33.2. The molecule has 0 radical (unpaired) electrons. The zero-order valence-corrected chi connectivity index (χ0v) is 22.2. The zero-order chi connectivity index (χ0) is 27.8. The summed E-state index contributed by atoms with van der Waals surface area (Å²) in [5, 5.41) is 17.4. The third kappa shape index (κ3) is 7.09. The number of nitrogens with zero attached hydrogens (tertiary/aromatic N) is 5. The molecule has 0 fully saturated rings. The van der Waals surface area contributed by atoms with Gasteiger partial charge in [0.1, 0.15) is 17.1 Å². The van der Waals surface area contributed by atoms with Crippen LogP contribution < -0.4 is 10.1 Å². The number of halogens is 1. The first kappa shape index (κ1) is 28.2. The Balaban J connectivity index is 2.13. The fourth-order valence-corrected chi connectivity index (χ4v) is 3.63. The average Bonchev–Trinajstić information content (AvgIpc) is 3.29.